The number of hydrogen-bond donors (Lipinski definition) is 3. The normalized spacial score (nSPS) is 11.4. The number of nitrogens with zero attached hydrogens (tertiary/aromatic N) is 5. The predicted molar refractivity (Wildman–Crippen MR) is 170 cm³/mol. The summed E-state index contributed by atoms with van der Waals surface area (Å²) < 4.78 is 12.0. The van der Waals surface area contributed by atoms with Gasteiger partial charge < -0.3 is 25.2 Å². The van der Waals surface area contributed by atoms with Crippen molar-refractivity contribution in [2.45, 2.75) is 26.4 Å². The van der Waals surface area contributed by atoms with Crippen LogP contribution in [-0.4, -0.2) is 54.6 Å². The van der Waals surface area contributed by atoms with E-state index in [0.29, 0.717) is 55.9 Å². The minimum Gasteiger partial charge on any atom is -0.504 e. The quantitative estimate of drug-likeness (QED) is 0.191. The molecule has 12 nitrogen and oxygen atoms in total. The molecule has 3 heterocycles. The number of phenolic OH excluding ortho intramolecular Hbond substituents is 1. The molecule has 0 fully saturated rings. The number of aromatic nitrogens is 5. The summed E-state index contributed by atoms with van der Waals surface area (Å²) in [6.07, 6.45) is 4.10. The highest BCUT2D eigenvalue weighted by Crippen LogP contribution is 2.36. The molecule has 226 valence electrons. The summed E-state index contributed by atoms with van der Waals surface area (Å²) in [6, 6.07) is 19.1. The summed E-state index contributed by atoms with van der Waals surface area (Å²) in [5.41, 5.74) is 2.71. The first-order valence-corrected chi connectivity index (χ1v) is 14.0. The zero-order valence-corrected chi connectivity index (χ0v) is 24.9. The summed E-state index contributed by atoms with van der Waals surface area (Å²) in [6.45, 7) is 5.38. The molecule has 0 saturated carbocycles. The second-order valence-electron chi connectivity index (χ2n) is 11.1. The van der Waals surface area contributed by atoms with E-state index < -0.39 is 11.7 Å². The average Bonchev–Trinajstić information content (AvgIpc) is 3.44. The number of amides is 1. The van der Waals surface area contributed by atoms with Crippen molar-refractivity contribution in [1.29, 1.82) is 0 Å². The van der Waals surface area contributed by atoms with Gasteiger partial charge >= 0.3 is 6.09 Å². The van der Waals surface area contributed by atoms with Gasteiger partial charge in [0.1, 0.15) is 11.4 Å². The molecule has 3 N–H and O–H groups in total. The van der Waals surface area contributed by atoms with Gasteiger partial charge in [0.05, 0.1) is 29.9 Å². The van der Waals surface area contributed by atoms with Crippen LogP contribution in [0.5, 0.6) is 11.5 Å². The SMILES string of the molecule is COc1cc2nc(-c3cccc(NC(=O)c4cccnc4)c3)nc(Nc3ccc4c(cnn4C(=O)OC(C)(C)C)c3)c2cc1O. The third-order valence-corrected chi connectivity index (χ3v) is 6.70. The average molecular weight is 604 g/mol. The van der Waals surface area contributed by atoms with Gasteiger partial charge in [-0.15, -0.1) is 0 Å². The molecule has 0 bridgehead atoms. The van der Waals surface area contributed by atoms with Crippen LogP contribution in [-0.2, 0) is 4.74 Å². The first-order valence-electron chi connectivity index (χ1n) is 14.0. The van der Waals surface area contributed by atoms with Crippen molar-refractivity contribution in [2.24, 2.45) is 0 Å². The van der Waals surface area contributed by atoms with Gasteiger partial charge in [0.25, 0.3) is 5.91 Å². The zero-order chi connectivity index (χ0) is 31.7. The van der Waals surface area contributed by atoms with E-state index in [9.17, 15) is 14.7 Å². The second kappa shape index (κ2) is 11.6. The van der Waals surface area contributed by atoms with Gasteiger partial charge in [-0.3, -0.25) is 9.78 Å². The largest absolute Gasteiger partial charge is 0.504 e. The van der Waals surface area contributed by atoms with E-state index in [4.69, 9.17) is 19.4 Å². The minimum atomic E-state index is -0.665. The minimum absolute atomic E-state index is 0.0707. The highest BCUT2D eigenvalue weighted by molar-refractivity contribution is 6.04. The molecule has 45 heavy (non-hydrogen) atoms. The van der Waals surface area contributed by atoms with Crippen LogP contribution >= 0.6 is 0 Å². The lowest BCUT2D eigenvalue weighted by molar-refractivity contribution is 0.0522. The number of aromatic hydroxyl groups is 1. The number of carbonyl (C=O) groups is 2. The van der Waals surface area contributed by atoms with Crippen molar-refractivity contribution >= 4 is 51.0 Å². The van der Waals surface area contributed by atoms with E-state index >= 15 is 0 Å². The van der Waals surface area contributed by atoms with Crippen LogP contribution in [0.2, 0.25) is 0 Å². The molecule has 12 heteroatoms. The Bertz CT molecular complexity index is 2070. The maximum atomic E-state index is 12.7. The molecule has 0 saturated heterocycles. The third kappa shape index (κ3) is 6.20. The molecular formula is C33H29N7O5. The van der Waals surface area contributed by atoms with Gasteiger partial charge in [0.2, 0.25) is 0 Å². The molecule has 3 aromatic carbocycles. The molecule has 0 radical (unpaired) electrons. The van der Waals surface area contributed by atoms with Gasteiger partial charge in [-0.2, -0.15) is 9.78 Å². The van der Waals surface area contributed by atoms with Gasteiger partial charge in [0.15, 0.2) is 17.3 Å². The first kappa shape index (κ1) is 29.1. The lowest BCUT2D eigenvalue weighted by Crippen LogP contribution is -2.27. The number of ether oxygens (including phenoxy) is 2. The standard InChI is InChI=1S/C33H29N7O5/c1-33(2,3)45-32(43)40-26-11-10-23(14-21(26)18-35-40)36-30-24-15-27(41)28(44-4)16-25(24)38-29(39-30)19-7-5-9-22(13-19)37-31(42)20-8-6-12-34-17-20/h5-18,41H,1-4H3,(H,37,42)(H,36,38,39). The molecular weight excluding hydrogens is 574 g/mol. The Hall–Kier alpha value is -6.04. The monoisotopic (exact) mass is 603 g/mol. The fourth-order valence-corrected chi connectivity index (χ4v) is 4.67. The van der Waals surface area contributed by atoms with Crippen LogP contribution in [0.3, 0.4) is 0 Å². The third-order valence-electron chi connectivity index (χ3n) is 6.70. The molecule has 0 atom stereocenters. The Morgan fingerprint density at radius 2 is 1.78 bits per heavy atom. The van der Waals surface area contributed by atoms with E-state index in [1.807, 2.05) is 12.1 Å². The molecule has 6 rings (SSSR count). The Labute approximate surface area is 257 Å². The number of hydrogen-bond acceptors (Lipinski definition) is 10. The lowest BCUT2D eigenvalue weighted by atomic mass is 10.1. The zero-order valence-electron chi connectivity index (χ0n) is 24.9. The summed E-state index contributed by atoms with van der Waals surface area (Å²) >= 11 is 0. The number of methoxy groups -OCH3 is 1. The molecule has 3 aromatic heterocycles. The molecule has 0 spiro atoms. The van der Waals surface area contributed by atoms with Crippen molar-refractivity contribution in [3.63, 3.8) is 0 Å². The molecule has 1 amide bonds. The molecule has 0 aliphatic heterocycles. The Balaban J connectivity index is 1.37. The Morgan fingerprint density at radius 1 is 0.933 bits per heavy atom. The first-order chi connectivity index (χ1) is 21.6. The van der Waals surface area contributed by atoms with Crippen LogP contribution in [0, 0.1) is 0 Å². The van der Waals surface area contributed by atoms with Gasteiger partial charge in [-0.05, 0) is 69.3 Å². The number of pyridine rings is 1. The maximum absolute atomic E-state index is 12.7. The number of anilines is 3. The summed E-state index contributed by atoms with van der Waals surface area (Å²) in [5, 5.41) is 22.2. The van der Waals surface area contributed by atoms with Crippen LogP contribution < -0.4 is 15.4 Å². The highest BCUT2D eigenvalue weighted by Gasteiger charge is 2.21. The number of phenols is 1. The van der Waals surface area contributed by atoms with E-state index in [1.54, 1.807) is 81.7 Å². The van der Waals surface area contributed by atoms with Crippen molar-refractivity contribution in [3.8, 4) is 22.9 Å². The number of benzene rings is 3. The fourth-order valence-electron chi connectivity index (χ4n) is 4.67. The Morgan fingerprint density at radius 3 is 2.53 bits per heavy atom. The van der Waals surface area contributed by atoms with Crippen molar-refractivity contribution in [3.05, 3.63) is 90.9 Å². The number of rotatable bonds is 6. The van der Waals surface area contributed by atoms with Crippen molar-refractivity contribution < 1.29 is 24.2 Å². The lowest BCUT2D eigenvalue weighted by Gasteiger charge is -2.19. The van der Waals surface area contributed by atoms with E-state index in [2.05, 4.69) is 20.7 Å². The smallest absolute Gasteiger partial charge is 0.435 e. The maximum Gasteiger partial charge on any atom is 0.435 e. The van der Waals surface area contributed by atoms with Gasteiger partial charge in [-0.25, -0.2) is 14.8 Å². The van der Waals surface area contributed by atoms with Crippen LogP contribution in [0.1, 0.15) is 31.1 Å². The van der Waals surface area contributed by atoms with Gasteiger partial charge in [0, 0.05) is 46.2 Å². The van der Waals surface area contributed by atoms with E-state index in [-0.39, 0.29) is 17.4 Å². The summed E-state index contributed by atoms with van der Waals surface area (Å²) in [7, 11) is 1.46. The van der Waals surface area contributed by atoms with E-state index in [1.165, 1.54) is 24.1 Å². The highest BCUT2D eigenvalue weighted by atomic mass is 16.6. The van der Waals surface area contributed by atoms with E-state index in [0.717, 1.165) is 0 Å². The predicted octanol–water partition coefficient (Wildman–Crippen LogP) is 6.53. The van der Waals surface area contributed by atoms with Crippen LogP contribution in [0.4, 0.5) is 22.0 Å². The number of nitrogens with one attached hydrogen (secondary N) is 2. The number of fused-ring (bicyclic) bond motifs is 2. The second-order valence-corrected chi connectivity index (χ2v) is 11.1. The van der Waals surface area contributed by atoms with Crippen LogP contribution in [0.25, 0.3) is 33.2 Å². The topological polar surface area (TPSA) is 153 Å². The summed E-state index contributed by atoms with van der Waals surface area (Å²) in [5.74, 6) is 0.670. The van der Waals surface area contributed by atoms with Crippen molar-refractivity contribution in [1.82, 2.24) is 24.7 Å². The summed E-state index contributed by atoms with van der Waals surface area (Å²) in [4.78, 5) is 38.9. The molecule has 0 aliphatic carbocycles. The van der Waals surface area contributed by atoms with Gasteiger partial charge in [-0.1, -0.05) is 12.1 Å². The molecule has 6 aromatic rings. The van der Waals surface area contributed by atoms with Crippen LogP contribution in [0.15, 0.2) is 85.3 Å². The van der Waals surface area contributed by atoms with Crippen molar-refractivity contribution in [2.75, 3.05) is 17.7 Å². The fraction of sp³-hybridized carbons (Fsp3) is 0.152. The number of carbonyl (C=O) groups excluding carboxylic acids is 2. The Kier molecular flexibility index (Phi) is 7.47. The molecule has 0 unspecified atom stereocenters. The molecule has 0 aliphatic rings.